The first-order valence-corrected chi connectivity index (χ1v) is 9.25. The Morgan fingerprint density at radius 3 is 2.70 bits per heavy atom. The monoisotopic (exact) mass is 366 g/mol. The van der Waals surface area contributed by atoms with E-state index in [0.717, 1.165) is 37.2 Å². The molecule has 1 saturated heterocycles. The molecule has 2 aromatic rings. The lowest BCUT2D eigenvalue weighted by atomic mass is 10.1. The minimum atomic E-state index is -0.169. The summed E-state index contributed by atoms with van der Waals surface area (Å²) in [4.78, 5) is 37.2. The second-order valence-electron chi connectivity index (χ2n) is 7.01. The number of nitrogens with zero attached hydrogens (tertiary/aromatic N) is 4. The van der Waals surface area contributed by atoms with Gasteiger partial charge >= 0.3 is 0 Å². The summed E-state index contributed by atoms with van der Waals surface area (Å²) in [6, 6.07) is 7.00. The first-order chi connectivity index (χ1) is 13.1. The lowest BCUT2D eigenvalue weighted by Crippen LogP contribution is -2.40. The predicted octanol–water partition coefficient (Wildman–Crippen LogP) is 2.14. The molecule has 1 fully saturated rings. The van der Waals surface area contributed by atoms with Gasteiger partial charge in [0.1, 0.15) is 24.4 Å². The van der Waals surface area contributed by atoms with Crippen LogP contribution in [0.3, 0.4) is 0 Å². The van der Waals surface area contributed by atoms with E-state index >= 15 is 0 Å². The van der Waals surface area contributed by atoms with Gasteiger partial charge < -0.3 is 14.5 Å². The molecule has 0 unspecified atom stereocenters. The summed E-state index contributed by atoms with van der Waals surface area (Å²) >= 11 is 0. The van der Waals surface area contributed by atoms with Crippen molar-refractivity contribution in [2.24, 2.45) is 0 Å². The summed E-state index contributed by atoms with van der Waals surface area (Å²) in [6.45, 7) is 4.33. The summed E-state index contributed by atoms with van der Waals surface area (Å²) < 4.78 is 5.89. The molecule has 0 aliphatic carbocycles. The average Bonchev–Trinajstić information content (AvgIpc) is 3.19. The fourth-order valence-corrected chi connectivity index (χ4v) is 3.56. The van der Waals surface area contributed by atoms with Crippen molar-refractivity contribution in [2.75, 3.05) is 19.7 Å². The Bertz CT molecular complexity index is 850. The van der Waals surface area contributed by atoms with E-state index in [9.17, 15) is 9.59 Å². The maximum absolute atomic E-state index is 12.9. The molecule has 3 heterocycles. The number of hydrogen-bond donors (Lipinski definition) is 0. The van der Waals surface area contributed by atoms with E-state index in [1.807, 2.05) is 30.0 Å². The molecule has 140 valence electrons. The van der Waals surface area contributed by atoms with E-state index in [4.69, 9.17) is 4.74 Å². The molecule has 1 aromatic carbocycles. The molecule has 4 rings (SSSR count). The number of benzene rings is 1. The Morgan fingerprint density at radius 1 is 1.15 bits per heavy atom. The van der Waals surface area contributed by atoms with Crippen LogP contribution >= 0.6 is 0 Å². The first-order valence-electron chi connectivity index (χ1n) is 9.25. The normalized spacial score (nSPS) is 19.2. The third-order valence-electron chi connectivity index (χ3n) is 5.12. The van der Waals surface area contributed by atoms with Gasteiger partial charge in [0.25, 0.3) is 11.8 Å². The van der Waals surface area contributed by atoms with Gasteiger partial charge in [-0.1, -0.05) is 0 Å². The van der Waals surface area contributed by atoms with Crippen LogP contribution in [0.1, 0.15) is 46.2 Å². The van der Waals surface area contributed by atoms with Crippen molar-refractivity contribution in [1.82, 2.24) is 19.8 Å². The Morgan fingerprint density at radius 2 is 1.96 bits per heavy atom. The standard InChI is InChI=1S/C20H22N4O3/c1-14-12-27-18-5-4-15(19(25)23-8-2-3-9-23)10-16(18)11-24(14)20(26)17-6-7-21-13-22-17/h4-7,10,13-14H,2-3,8-9,11-12H2,1H3/t14-/m0/s1. The maximum Gasteiger partial charge on any atom is 0.273 e. The second kappa shape index (κ2) is 7.34. The van der Waals surface area contributed by atoms with Crippen LogP contribution in [0.4, 0.5) is 0 Å². The van der Waals surface area contributed by atoms with Crippen molar-refractivity contribution < 1.29 is 14.3 Å². The van der Waals surface area contributed by atoms with Crippen LogP contribution < -0.4 is 4.74 Å². The van der Waals surface area contributed by atoms with Gasteiger partial charge in [-0.15, -0.1) is 0 Å². The molecule has 1 atom stereocenters. The summed E-state index contributed by atoms with van der Waals surface area (Å²) in [6.07, 6.45) is 5.03. The molecule has 0 bridgehead atoms. The fraction of sp³-hybridized carbons (Fsp3) is 0.400. The average molecular weight is 366 g/mol. The van der Waals surface area contributed by atoms with Crippen LogP contribution in [-0.4, -0.2) is 57.3 Å². The van der Waals surface area contributed by atoms with E-state index < -0.39 is 0 Å². The molecular weight excluding hydrogens is 344 g/mol. The zero-order valence-electron chi connectivity index (χ0n) is 15.3. The fourth-order valence-electron chi connectivity index (χ4n) is 3.56. The van der Waals surface area contributed by atoms with Crippen LogP contribution in [-0.2, 0) is 6.54 Å². The number of carbonyl (C=O) groups is 2. The third kappa shape index (κ3) is 3.49. The van der Waals surface area contributed by atoms with Crippen LogP contribution in [0.5, 0.6) is 5.75 Å². The smallest absolute Gasteiger partial charge is 0.273 e. The summed E-state index contributed by atoms with van der Waals surface area (Å²) in [5.74, 6) is 0.594. The van der Waals surface area contributed by atoms with Gasteiger partial charge in [0.05, 0.1) is 12.6 Å². The number of hydrogen-bond acceptors (Lipinski definition) is 5. The van der Waals surface area contributed by atoms with Gasteiger partial charge in [0.15, 0.2) is 0 Å². The van der Waals surface area contributed by atoms with Crippen molar-refractivity contribution in [2.45, 2.75) is 32.4 Å². The van der Waals surface area contributed by atoms with Crippen LogP contribution in [0.25, 0.3) is 0 Å². The van der Waals surface area contributed by atoms with Gasteiger partial charge in [-0.2, -0.15) is 0 Å². The highest BCUT2D eigenvalue weighted by atomic mass is 16.5. The zero-order chi connectivity index (χ0) is 18.8. The molecule has 7 heteroatoms. The van der Waals surface area contributed by atoms with Crippen molar-refractivity contribution >= 4 is 11.8 Å². The van der Waals surface area contributed by atoms with Crippen molar-refractivity contribution in [1.29, 1.82) is 0 Å². The van der Waals surface area contributed by atoms with Gasteiger partial charge in [0, 0.05) is 30.4 Å². The third-order valence-corrected chi connectivity index (χ3v) is 5.12. The van der Waals surface area contributed by atoms with Gasteiger partial charge in [-0.25, -0.2) is 9.97 Å². The number of ether oxygens (including phenoxy) is 1. The second-order valence-corrected chi connectivity index (χ2v) is 7.01. The van der Waals surface area contributed by atoms with E-state index in [-0.39, 0.29) is 17.9 Å². The summed E-state index contributed by atoms with van der Waals surface area (Å²) in [5.41, 5.74) is 1.83. The van der Waals surface area contributed by atoms with Crippen LogP contribution in [0.15, 0.2) is 36.8 Å². The Labute approximate surface area is 158 Å². The Hall–Kier alpha value is -2.96. The molecule has 0 radical (unpaired) electrons. The van der Waals surface area contributed by atoms with Gasteiger partial charge in [0.2, 0.25) is 0 Å². The number of rotatable bonds is 2. The lowest BCUT2D eigenvalue weighted by molar-refractivity contribution is 0.0639. The van der Waals surface area contributed by atoms with Crippen LogP contribution in [0, 0.1) is 0 Å². The molecule has 2 aliphatic rings. The van der Waals surface area contributed by atoms with Gasteiger partial charge in [-0.05, 0) is 44.0 Å². The molecule has 27 heavy (non-hydrogen) atoms. The highest BCUT2D eigenvalue weighted by Gasteiger charge is 2.28. The molecule has 2 aliphatic heterocycles. The minimum absolute atomic E-state index is 0.0428. The molecular formula is C20H22N4O3. The quantitative estimate of drug-likeness (QED) is 0.814. The minimum Gasteiger partial charge on any atom is -0.491 e. The molecule has 0 saturated carbocycles. The number of carbonyl (C=O) groups excluding carboxylic acids is 2. The molecule has 0 spiro atoms. The predicted molar refractivity (Wildman–Crippen MR) is 98.4 cm³/mol. The number of amides is 2. The van der Waals surface area contributed by atoms with Crippen LogP contribution in [0.2, 0.25) is 0 Å². The Balaban J connectivity index is 1.61. The maximum atomic E-state index is 12.9. The van der Waals surface area contributed by atoms with E-state index in [1.165, 1.54) is 6.33 Å². The van der Waals surface area contributed by atoms with E-state index in [1.54, 1.807) is 17.2 Å². The lowest BCUT2D eigenvalue weighted by Gasteiger charge is -2.26. The highest BCUT2D eigenvalue weighted by molar-refractivity contribution is 5.95. The largest absolute Gasteiger partial charge is 0.491 e. The first kappa shape index (κ1) is 17.5. The SMILES string of the molecule is C[C@H]1COc2ccc(C(=O)N3CCCC3)cc2CN1C(=O)c1ccncn1. The van der Waals surface area contributed by atoms with Crippen molar-refractivity contribution in [3.05, 3.63) is 53.6 Å². The molecule has 0 N–H and O–H groups in total. The van der Waals surface area contributed by atoms with Crippen molar-refractivity contribution in [3.8, 4) is 5.75 Å². The summed E-state index contributed by atoms with van der Waals surface area (Å²) in [5, 5.41) is 0. The Kier molecular flexibility index (Phi) is 4.75. The van der Waals surface area contributed by atoms with E-state index in [0.29, 0.717) is 24.4 Å². The summed E-state index contributed by atoms with van der Waals surface area (Å²) in [7, 11) is 0. The van der Waals surface area contributed by atoms with E-state index in [2.05, 4.69) is 9.97 Å². The number of likely N-dealkylation sites (tertiary alicyclic amines) is 1. The highest BCUT2D eigenvalue weighted by Crippen LogP contribution is 2.28. The number of aromatic nitrogens is 2. The van der Waals surface area contributed by atoms with Crippen molar-refractivity contribution in [3.63, 3.8) is 0 Å². The molecule has 2 amide bonds. The molecule has 7 nitrogen and oxygen atoms in total. The number of fused-ring (bicyclic) bond motifs is 1. The van der Waals surface area contributed by atoms with Gasteiger partial charge in [-0.3, -0.25) is 9.59 Å². The molecule has 1 aromatic heterocycles. The zero-order valence-corrected chi connectivity index (χ0v) is 15.3. The topological polar surface area (TPSA) is 75.6 Å².